The van der Waals surface area contributed by atoms with E-state index in [2.05, 4.69) is 6.92 Å². The molecule has 164 valence electrons. The molecular formula is C25H29F5. The zero-order chi connectivity index (χ0) is 21.7. The van der Waals surface area contributed by atoms with E-state index in [0.29, 0.717) is 30.0 Å². The van der Waals surface area contributed by atoms with Gasteiger partial charge in [0.1, 0.15) is 11.6 Å². The second-order valence-electron chi connectivity index (χ2n) is 8.61. The van der Waals surface area contributed by atoms with Crippen LogP contribution in [0.25, 0.3) is 11.1 Å². The zero-order valence-electron chi connectivity index (χ0n) is 17.4. The number of hydrogen-bond donors (Lipinski definition) is 0. The van der Waals surface area contributed by atoms with E-state index in [0.717, 1.165) is 25.2 Å². The summed E-state index contributed by atoms with van der Waals surface area (Å²) in [5.74, 6) is -5.00. The van der Waals surface area contributed by atoms with Crippen molar-refractivity contribution < 1.29 is 22.0 Å². The van der Waals surface area contributed by atoms with E-state index in [-0.39, 0.29) is 5.56 Å². The number of rotatable bonds is 8. The SMILES string of the molecule is CCCCC[C@H]1CC[C@H](CCc2cc(F)c(-c3cc(F)c(F)c(F)c3)c(F)c2)CC1. The van der Waals surface area contributed by atoms with E-state index in [4.69, 9.17) is 0 Å². The van der Waals surface area contributed by atoms with Gasteiger partial charge in [0.15, 0.2) is 17.5 Å². The summed E-state index contributed by atoms with van der Waals surface area (Å²) in [5.41, 5.74) is -0.361. The molecular weight excluding hydrogens is 395 g/mol. The molecule has 0 spiro atoms. The Balaban J connectivity index is 1.60. The highest BCUT2D eigenvalue weighted by atomic mass is 19.2. The predicted octanol–water partition coefficient (Wildman–Crippen LogP) is 8.37. The number of benzene rings is 2. The first-order chi connectivity index (χ1) is 14.4. The van der Waals surface area contributed by atoms with E-state index in [1.54, 1.807) is 0 Å². The van der Waals surface area contributed by atoms with Gasteiger partial charge in [0.25, 0.3) is 0 Å². The minimum absolute atomic E-state index is 0.352. The second kappa shape index (κ2) is 10.4. The maximum Gasteiger partial charge on any atom is 0.194 e. The van der Waals surface area contributed by atoms with Gasteiger partial charge in [-0.15, -0.1) is 0 Å². The Labute approximate surface area is 175 Å². The third-order valence-electron chi connectivity index (χ3n) is 6.40. The standard InChI is InChI=1S/C25H29F5/c1-2-3-4-5-16-6-8-17(9-7-16)10-11-18-12-20(26)24(21(27)13-18)19-14-22(28)25(30)23(29)15-19/h12-17H,2-11H2,1H3/t16-,17-. The lowest BCUT2D eigenvalue weighted by molar-refractivity contribution is 0.249. The molecule has 2 aromatic carbocycles. The van der Waals surface area contributed by atoms with Gasteiger partial charge in [0, 0.05) is 0 Å². The van der Waals surface area contributed by atoms with Gasteiger partial charge in [-0.1, -0.05) is 58.3 Å². The second-order valence-corrected chi connectivity index (χ2v) is 8.61. The summed E-state index contributed by atoms with van der Waals surface area (Å²) in [7, 11) is 0. The van der Waals surface area contributed by atoms with Crippen molar-refractivity contribution in [2.45, 2.75) is 71.1 Å². The molecule has 1 aliphatic rings. The van der Waals surface area contributed by atoms with Crippen LogP contribution in [0.4, 0.5) is 22.0 Å². The molecule has 3 rings (SSSR count). The topological polar surface area (TPSA) is 0 Å². The average molecular weight is 424 g/mol. The van der Waals surface area contributed by atoms with Crippen molar-refractivity contribution in [2.75, 3.05) is 0 Å². The molecule has 5 heteroatoms. The summed E-state index contributed by atoms with van der Waals surface area (Å²) < 4.78 is 69.1. The number of halogens is 5. The molecule has 0 N–H and O–H groups in total. The lowest BCUT2D eigenvalue weighted by Crippen LogP contribution is -2.15. The molecule has 0 bridgehead atoms. The van der Waals surface area contributed by atoms with E-state index in [1.807, 2.05) is 0 Å². The first-order valence-corrected chi connectivity index (χ1v) is 11.0. The summed E-state index contributed by atoms with van der Waals surface area (Å²) in [5, 5.41) is 0. The highest BCUT2D eigenvalue weighted by molar-refractivity contribution is 5.65. The van der Waals surface area contributed by atoms with Gasteiger partial charge in [0.05, 0.1) is 5.56 Å². The average Bonchev–Trinajstić information content (AvgIpc) is 2.71. The minimum Gasteiger partial charge on any atom is -0.206 e. The normalized spacial score (nSPS) is 19.3. The predicted molar refractivity (Wildman–Crippen MR) is 110 cm³/mol. The zero-order valence-corrected chi connectivity index (χ0v) is 17.4. The highest BCUT2D eigenvalue weighted by Crippen LogP contribution is 2.35. The number of unbranched alkanes of at least 4 members (excludes halogenated alkanes) is 2. The maximum atomic E-state index is 14.5. The van der Waals surface area contributed by atoms with Gasteiger partial charge in [-0.05, 0) is 60.1 Å². The fourth-order valence-corrected chi connectivity index (χ4v) is 4.61. The van der Waals surface area contributed by atoms with Crippen LogP contribution in [0.15, 0.2) is 24.3 Å². The Morgan fingerprint density at radius 3 is 1.77 bits per heavy atom. The minimum atomic E-state index is -1.66. The molecule has 1 fully saturated rings. The van der Waals surface area contributed by atoms with Crippen molar-refractivity contribution in [3.05, 3.63) is 58.9 Å². The number of aryl methyl sites for hydroxylation is 1. The monoisotopic (exact) mass is 424 g/mol. The molecule has 0 atom stereocenters. The molecule has 0 heterocycles. The van der Waals surface area contributed by atoms with Gasteiger partial charge in [-0.3, -0.25) is 0 Å². The van der Waals surface area contributed by atoms with Crippen LogP contribution in [0, 0.1) is 40.9 Å². The summed E-state index contributed by atoms with van der Waals surface area (Å²) in [6, 6.07) is 3.65. The van der Waals surface area contributed by atoms with Gasteiger partial charge in [-0.2, -0.15) is 0 Å². The van der Waals surface area contributed by atoms with Crippen LogP contribution in [0.3, 0.4) is 0 Å². The largest absolute Gasteiger partial charge is 0.206 e. The van der Waals surface area contributed by atoms with Crippen LogP contribution in [-0.4, -0.2) is 0 Å². The fourth-order valence-electron chi connectivity index (χ4n) is 4.61. The van der Waals surface area contributed by atoms with Crippen molar-refractivity contribution in [1.29, 1.82) is 0 Å². The summed E-state index contributed by atoms with van der Waals surface area (Å²) >= 11 is 0. The number of hydrogen-bond acceptors (Lipinski definition) is 0. The Bertz CT molecular complexity index is 807. The van der Waals surface area contributed by atoms with Crippen molar-refractivity contribution >= 4 is 0 Å². The van der Waals surface area contributed by atoms with Gasteiger partial charge < -0.3 is 0 Å². The molecule has 0 aliphatic heterocycles. The lowest BCUT2D eigenvalue weighted by atomic mass is 9.77. The van der Waals surface area contributed by atoms with Gasteiger partial charge >= 0.3 is 0 Å². The van der Waals surface area contributed by atoms with Crippen molar-refractivity contribution in [2.24, 2.45) is 11.8 Å². The van der Waals surface area contributed by atoms with Gasteiger partial charge in [-0.25, -0.2) is 22.0 Å². The Morgan fingerprint density at radius 2 is 1.23 bits per heavy atom. The Hall–Kier alpha value is -1.91. The van der Waals surface area contributed by atoms with Crippen molar-refractivity contribution in [3.63, 3.8) is 0 Å². The molecule has 1 aliphatic carbocycles. The van der Waals surface area contributed by atoms with E-state index >= 15 is 0 Å². The summed E-state index contributed by atoms with van der Waals surface area (Å²) in [6.45, 7) is 2.21. The van der Waals surface area contributed by atoms with Crippen LogP contribution >= 0.6 is 0 Å². The van der Waals surface area contributed by atoms with Gasteiger partial charge in [0.2, 0.25) is 0 Å². The Morgan fingerprint density at radius 1 is 0.700 bits per heavy atom. The lowest BCUT2D eigenvalue weighted by Gasteiger charge is -2.28. The van der Waals surface area contributed by atoms with Crippen molar-refractivity contribution in [3.8, 4) is 11.1 Å². The van der Waals surface area contributed by atoms with E-state index in [9.17, 15) is 22.0 Å². The highest BCUT2D eigenvalue weighted by Gasteiger charge is 2.22. The van der Waals surface area contributed by atoms with Crippen LogP contribution in [0.2, 0.25) is 0 Å². The summed E-state index contributed by atoms with van der Waals surface area (Å²) in [6.07, 6.45) is 11.4. The van der Waals surface area contributed by atoms with E-state index in [1.165, 1.54) is 50.7 Å². The van der Waals surface area contributed by atoms with Crippen LogP contribution in [-0.2, 0) is 6.42 Å². The maximum absolute atomic E-state index is 14.5. The fraction of sp³-hybridized carbons (Fsp3) is 0.520. The molecule has 0 aromatic heterocycles. The Kier molecular flexibility index (Phi) is 7.90. The van der Waals surface area contributed by atoms with E-state index < -0.39 is 34.6 Å². The van der Waals surface area contributed by atoms with Crippen LogP contribution in [0.5, 0.6) is 0 Å². The molecule has 0 amide bonds. The summed E-state index contributed by atoms with van der Waals surface area (Å²) in [4.78, 5) is 0. The smallest absolute Gasteiger partial charge is 0.194 e. The molecule has 0 unspecified atom stereocenters. The van der Waals surface area contributed by atoms with Crippen molar-refractivity contribution in [1.82, 2.24) is 0 Å². The molecule has 30 heavy (non-hydrogen) atoms. The first-order valence-electron chi connectivity index (χ1n) is 11.0. The first kappa shape index (κ1) is 22.8. The van der Waals surface area contributed by atoms with Crippen LogP contribution < -0.4 is 0 Å². The molecule has 1 saturated carbocycles. The third kappa shape index (κ3) is 5.61. The quantitative estimate of drug-likeness (QED) is 0.227. The van der Waals surface area contributed by atoms with Crippen LogP contribution in [0.1, 0.15) is 70.3 Å². The molecule has 0 nitrogen and oxygen atoms in total. The third-order valence-corrected chi connectivity index (χ3v) is 6.40. The molecule has 0 saturated heterocycles. The molecule has 2 aromatic rings. The molecule has 0 radical (unpaired) electrons.